The van der Waals surface area contributed by atoms with Crippen molar-refractivity contribution in [3.05, 3.63) is 119 Å². The molecule has 4 aromatic heterocycles. The molecular formula is C40H30N6O5. The quantitative estimate of drug-likeness (QED) is 0.189. The molecule has 0 aliphatic carbocycles. The van der Waals surface area contributed by atoms with Crippen molar-refractivity contribution in [3.8, 4) is 34.2 Å². The summed E-state index contributed by atoms with van der Waals surface area (Å²) in [5.41, 5.74) is 6.77. The summed E-state index contributed by atoms with van der Waals surface area (Å²) >= 11 is 0. The second-order valence-corrected chi connectivity index (χ2v) is 12.5. The van der Waals surface area contributed by atoms with Crippen LogP contribution in [-0.4, -0.2) is 43.4 Å². The largest absolute Gasteiger partial charge is 0.448 e. The first-order valence-electron chi connectivity index (χ1n) is 16.4. The van der Waals surface area contributed by atoms with Crippen LogP contribution >= 0.6 is 0 Å². The fraction of sp³-hybridized carbons (Fsp3) is 0.150. The van der Waals surface area contributed by atoms with Gasteiger partial charge in [0.2, 0.25) is 11.8 Å². The molecule has 11 heteroatoms. The highest BCUT2D eigenvalue weighted by atomic mass is 16.3. The van der Waals surface area contributed by atoms with Gasteiger partial charge < -0.3 is 9.73 Å². The van der Waals surface area contributed by atoms with Crippen LogP contribution in [0.3, 0.4) is 0 Å². The van der Waals surface area contributed by atoms with Crippen molar-refractivity contribution in [2.75, 3.05) is 6.54 Å². The summed E-state index contributed by atoms with van der Waals surface area (Å²) in [5, 5.41) is 7.91. The van der Waals surface area contributed by atoms with Crippen LogP contribution in [0.5, 0.6) is 0 Å². The van der Waals surface area contributed by atoms with E-state index in [1.165, 1.54) is 0 Å². The lowest BCUT2D eigenvalue weighted by molar-refractivity contribution is -0.134. The second kappa shape index (κ2) is 12.6. The van der Waals surface area contributed by atoms with Crippen molar-refractivity contribution in [3.63, 3.8) is 0 Å². The third-order valence-electron chi connectivity index (χ3n) is 9.40. The molecule has 1 atom stereocenters. The Morgan fingerprint density at radius 3 is 2.55 bits per heavy atom. The molecule has 250 valence electrons. The zero-order valence-corrected chi connectivity index (χ0v) is 27.7. The molecular weight excluding hydrogens is 644 g/mol. The molecule has 3 amide bonds. The molecule has 0 radical (unpaired) electrons. The number of aromatic nitrogens is 4. The molecule has 0 bridgehead atoms. The molecule has 0 unspecified atom stereocenters. The average Bonchev–Trinajstić information content (AvgIpc) is 3.67. The molecule has 0 spiro atoms. The molecule has 0 saturated carbocycles. The van der Waals surface area contributed by atoms with Crippen LogP contribution in [0, 0.1) is 11.8 Å². The standard InChI is InChI=1S/C40H30N6O5/c1-45-34-15-12-24(19-35(34)46(2)40(45)50)27-8-3-6-23-18-33(43-22-31(23)27)25-11-14-32(42-21-25)39(49)41-17-5-7-26-20-30-28(9-4-10-36(30)51-26)29-13-16-37(47)44-38(29)48/h3-4,6,8-12,14-15,18-22,29H,13,16-17H2,1-2H3,(H,41,49)(H,44,47,48)/t29-/m0/s1. The van der Waals surface area contributed by atoms with Crippen molar-refractivity contribution in [2.24, 2.45) is 14.1 Å². The molecule has 2 N–H and O–H groups in total. The van der Waals surface area contributed by atoms with Crippen LogP contribution in [0.2, 0.25) is 0 Å². The maximum atomic E-state index is 12.8. The lowest BCUT2D eigenvalue weighted by Crippen LogP contribution is -2.39. The average molecular weight is 675 g/mol. The molecule has 5 heterocycles. The highest BCUT2D eigenvalue weighted by molar-refractivity contribution is 6.03. The highest BCUT2D eigenvalue weighted by Gasteiger charge is 2.29. The van der Waals surface area contributed by atoms with E-state index in [2.05, 4.69) is 27.5 Å². The van der Waals surface area contributed by atoms with Gasteiger partial charge in [0.15, 0.2) is 5.76 Å². The van der Waals surface area contributed by atoms with E-state index in [0.29, 0.717) is 17.8 Å². The number of piperidine rings is 1. The van der Waals surface area contributed by atoms with Crippen LogP contribution in [-0.2, 0) is 23.7 Å². The number of rotatable bonds is 5. The molecule has 1 aliphatic rings. The van der Waals surface area contributed by atoms with E-state index >= 15 is 0 Å². The predicted octanol–water partition coefficient (Wildman–Crippen LogP) is 5.20. The normalized spacial score (nSPS) is 14.4. The number of carbonyl (C=O) groups is 3. The number of fused-ring (bicyclic) bond motifs is 3. The lowest BCUT2D eigenvalue weighted by atomic mass is 9.88. The fourth-order valence-corrected chi connectivity index (χ4v) is 6.72. The number of pyridine rings is 2. The zero-order chi connectivity index (χ0) is 35.2. The lowest BCUT2D eigenvalue weighted by Gasteiger charge is -2.21. The van der Waals surface area contributed by atoms with Gasteiger partial charge in [0.1, 0.15) is 11.3 Å². The van der Waals surface area contributed by atoms with Crippen molar-refractivity contribution in [1.82, 2.24) is 29.7 Å². The minimum atomic E-state index is -0.437. The summed E-state index contributed by atoms with van der Waals surface area (Å²) in [6.07, 6.45) is 4.19. The second-order valence-electron chi connectivity index (χ2n) is 12.5. The van der Waals surface area contributed by atoms with Crippen molar-refractivity contribution in [2.45, 2.75) is 18.8 Å². The smallest absolute Gasteiger partial charge is 0.328 e. The third-order valence-corrected chi connectivity index (χ3v) is 9.40. The molecule has 11 nitrogen and oxygen atoms in total. The molecule has 51 heavy (non-hydrogen) atoms. The number of hydrogen-bond acceptors (Lipinski definition) is 7. The van der Waals surface area contributed by atoms with Gasteiger partial charge in [0.25, 0.3) is 5.91 Å². The van der Waals surface area contributed by atoms with Crippen LogP contribution < -0.4 is 16.3 Å². The number of hydrogen-bond donors (Lipinski definition) is 2. The van der Waals surface area contributed by atoms with E-state index in [0.717, 1.165) is 55.1 Å². The maximum absolute atomic E-state index is 12.8. The maximum Gasteiger partial charge on any atom is 0.328 e. The molecule has 1 fully saturated rings. The van der Waals surface area contributed by atoms with E-state index in [1.54, 1.807) is 47.6 Å². The topological polar surface area (TPSA) is 141 Å². The summed E-state index contributed by atoms with van der Waals surface area (Å²) in [4.78, 5) is 58.4. The van der Waals surface area contributed by atoms with E-state index < -0.39 is 5.92 Å². The fourth-order valence-electron chi connectivity index (χ4n) is 6.72. The van der Waals surface area contributed by atoms with Crippen molar-refractivity contribution in [1.29, 1.82) is 0 Å². The van der Waals surface area contributed by atoms with E-state index in [9.17, 15) is 19.2 Å². The summed E-state index contributed by atoms with van der Waals surface area (Å²) in [6, 6.07) is 24.8. The van der Waals surface area contributed by atoms with Gasteiger partial charge in [0, 0.05) is 55.3 Å². The van der Waals surface area contributed by atoms with Crippen molar-refractivity contribution >= 4 is 50.5 Å². The van der Waals surface area contributed by atoms with Gasteiger partial charge in [-0.15, -0.1) is 0 Å². The first-order chi connectivity index (χ1) is 24.7. The van der Waals surface area contributed by atoms with Gasteiger partial charge in [-0.05, 0) is 70.8 Å². The number of benzene rings is 3. The van der Waals surface area contributed by atoms with Gasteiger partial charge in [-0.3, -0.25) is 38.8 Å². The summed E-state index contributed by atoms with van der Waals surface area (Å²) in [6.45, 7) is 0.0708. The van der Waals surface area contributed by atoms with E-state index in [4.69, 9.17) is 9.40 Å². The number of nitrogens with one attached hydrogen (secondary N) is 2. The molecule has 7 aromatic rings. The van der Waals surface area contributed by atoms with E-state index in [-0.39, 0.29) is 42.1 Å². The van der Waals surface area contributed by atoms with Gasteiger partial charge >= 0.3 is 5.69 Å². The molecule has 3 aromatic carbocycles. The molecule has 1 aliphatic heterocycles. The number of aryl methyl sites for hydroxylation is 2. The zero-order valence-electron chi connectivity index (χ0n) is 27.7. The summed E-state index contributed by atoms with van der Waals surface area (Å²) < 4.78 is 9.16. The Labute approximate surface area is 290 Å². The Morgan fingerprint density at radius 1 is 0.902 bits per heavy atom. The number of furan rings is 1. The van der Waals surface area contributed by atoms with Gasteiger partial charge in [-0.1, -0.05) is 42.3 Å². The Morgan fingerprint density at radius 2 is 1.73 bits per heavy atom. The van der Waals surface area contributed by atoms with Crippen molar-refractivity contribution < 1.29 is 18.8 Å². The highest BCUT2D eigenvalue weighted by Crippen LogP contribution is 2.34. The number of nitrogens with zero attached hydrogens (tertiary/aromatic N) is 4. The van der Waals surface area contributed by atoms with Crippen LogP contribution in [0.1, 0.15) is 40.6 Å². The van der Waals surface area contributed by atoms with E-state index in [1.807, 2.05) is 66.9 Å². The van der Waals surface area contributed by atoms with Crippen LogP contribution in [0.4, 0.5) is 0 Å². The number of imidazole rings is 1. The molecule has 1 saturated heterocycles. The first-order valence-corrected chi connectivity index (χ1v) is 16.4. The number of amides is 3. The van der Waals surface area contributed by atoms with Crippen LogP contribution in [0.25, 0.3) is 55.2 Å². The number of carbonyl (C=O) groups excluding carboxylic acids is 3. The SMILES string of the molecule is Cn1c(=O)n(C)c2cc(-c3cccc4cc(-c5ccc(C(=O)NCC#Cc6cc7c([C@@H]8CCC(=O)NC8=O)cccc7o6)nc5)ncc34)ccc21. The minimum absolute atomic E-state index is 0.0687. The monoisotopic (exact) mass is 674 g/mol. The Hall–Kier alpha value is -6.80. The third kappa shape index (κ3) is 5.72. The summed E-state index contributed by atoms with van der Waals surface area (Å²) in [7, 11) is 3.54. The Bertz CT molecular complexity index is 2690. The van der Waals surface area contributed by atoms with Gasteiger partial charge in [0.05, 0.1) is 29.2 Å². The molecule has 8 rings (SSSR count). The van der Waals surface area contributed by atoms with Gasteiger partial charge in [-0.25, -0.2) is 4.79 Å². The van der Waals surface area contributed by atoms with Crippen LogP contribution in [0.15, 0.2) is 100 Å². The predicted molar refractivity (Wildman–Crippen MR) is 193 cm³/mol. The van der Waals surface area contributed by atoms with Gasteiger partial charge in [-0.2, -0.15) is 0 Å². The Balaban J connectivity index is 0.947. The summed E-state index contributed by atoms with van der Waals surface area (Å²) in [5.74, 6) is 4.86. The Kier molecular flexibility index (Phi) is 7.76. The number of imide groups is 1. The first kappa shape index (κ1) is 31.5. The minimum Gasteiger partial charge on any atom is -0.448 e.